The Balaban J connectivity index is 2.28. The van der Waals surface area contributed by atoms with Crippen LogP contribution in [0.3, 0.4) is 0 Å². The zero-order valence-electron chi connectivity index (χ0n) is 9.77. The molecule has 0 spiro atoms. The van der Waals surface area contributed by atoms with Crippen molar-refractivity contribution in [1.82, 2.24) is 4.90 Å². The van der Waals surface area contributed by atoms with E-state index in [4.69, 9.17) is 0 Å². The van der Waals surface area contributed by atoms with Crippen molar-refractivity contribution in [1.29, 1.82) is 0 Å². The minimum atomic E-state index is -0.682. The number of hydrogen-bond acceptors (Lipinski definition) is 3. The highest BCUT2D eigenvalue weighted by Gasteiger charge is 2.34. The summed E-state index contributed by atoms with van der Waals surface area (Å²) in [5.41, 5.74) is 0.271. The maximum absolute atomic E-state index is 13.7. The van der Waals surface area contributed by atoms with Crippen molar-refractivity contribution in [3.63, 3.8) is 0 Å². The number of nitrogens with zero attached hydrogens (tertiary/aromatic N) is 1. The lowest BCUT2D eigenvalue weighted by Crippen LogP contribution is -2.34. The molecule has 2 rings (SSSR count). The first-order valence-electron chi connectivity index (χ1n) is 5.53. The van der Waals surface area contributed by atoms with Crippen LogP contribution in [0.25, 0.3) is 0 Å². The summed E-state index contributed by atoms with van der Waals surface area (Å²) in [5.74, 6) is -1.21. The quantitative estimate of drug-likeness (QED) is 0.914. The molecule has 2 atom stereocenters. The Kier molecular flexibility index (Phi) is 3.87. The molecular weight excluding hydrogens is 260 g/mol. The van der Waals surface area contributed by atoms with E-state index in [-0.39, 0.29) is 23.8 Å². The second-order valence-corrected chi connectivity index (χ2v) is 5.29. The highest BCUT2D eigenvalue weighted by atomic mass is 32.2. The van der Waals surface area contributed by atoms with Crippen LogP contribution in [0.2, 0.25) is 0 Å². The summed E-state index contributed by atoms with van der Waals surface area (Å²) in [5, 5.41) is 8.86. The molecule has 1 heterocycles. The third-order valence-corrected chi connectivity index (χ3v) is 3.90. The lowest BCUT2D eigenvalue weighted by atomic mass is 10.2. The second-order valence-electron chi connectivity index (χ2n) is 4.22. The predicted molar refractivity (Wildman–Crippen MR) is 65.0 cm³/mol. The van der Waals surface area contributed by atoms with Crippen LogP contribution in [-0.4, -0.2) is 34.3 Å². The number of carbonyl (C=O) groups excluding carboxylic acids is 1. The zero-order chi connectivity index (χ0) is 13.3. The minimum absolute atomic E-state index is 0.144. The van der Waals surface area contributed by atoms with Crippen LogP contribution in [0.15, 0.2) is 18.2 Å². The summed E-state index contributed by atoms with van der Waals surface area (Å²) in [6.07, 6.45) is -0.682. The zero-order valence-corrected chi connectivity index (χ0v) is 10.6. The topological polar surface area (TPSA) is 40.5 Å². The van der Waals surface area contributed by atoms with Gasteiger partial charge in [-0.3, -0.25) is 4.79 Å². The van der Waals surface area contributed by atoms with Crippen molar-refractivity contribution in [2.75, 3.05) is 12.3 Å². The van der Waals surface area contributed by atoms with E-state index in [9.17, 15) is 18.7 Å². The van der Waals surface area contributed by atoms with Gasteiger partial charge in [0.2, 0.25) is 5.91 Å². The Morgan fingerprint density at radius 3 is 2.89 bits per heavy atom. The van der Waals surface area contributed by atoms with E-state index in [2.05, 4.69) is 0 Å². The highest BCUT2D eigenvalue weighted by Crippen LogP contribution is 2.39. The molecule has 0 saturated carbocycles. The summed E-state index contributed by atoms with van der Waals surface area (Å²) in [6.45, 7) is 1.71. The van der Waals surface area contributed by atoms with E-state index in [1.165, 1.54) is 28.8 Å². The van der Waals surface area contributed by atoms with E-state index in [0.717, 1.165) is 6.07 Å². The Bertz CT molecular complexity index is 467. The molecule has 0 aromatic heterocycles. The SMILES string of the molecule is CC(O)CN1C(=O)CSC1c1ccc(F)cc1F. The van der Waals surface area contributed by atoms with Crippen molar-refractivity contribution >= 4 is 17.7 Å². The van der Waals surface area contributed by atoms with Crippen LogP contribution in [-0.2, 0) is 4.79 Å². The number of amides is 1. The van der Waals surface area contributed by atoms with Gasteiger partial charge in [-0.2, -0.15) is 0 Å². The van der Waals surface area contributed by atoms with Crippen molar-refractivity contribution in [2.24, 2.45) is 0 Å². The summed E-state index contributed by atoms with van der Waals surface area (Å²) in [6, 6.07) is 3.32. The molecule has 0 bridgehead atoms. The van der Waals surface area contributed by atoms with Crippen molar-refractivity contribution < 1.29 is 18.7 Å². The predicted octanol–water partition coefficient (Wildman–Crippen LogP) is 1.92. The number of thioether (sulfide) groups is 1. The molecule has 1 fully saturated rings. The maximum atomic E-state index is 13.7. The maximum Gasteiger partial charge on any atom is 0.233 e. The monoisotopic (exact) mass is 273 g/mol. The summed E-state index contributed by atoms with van der Waals surface area (Å²) in [4.78, 5) is 13.1. The van der Waals surface area contributed by atoms with Gasteiger partial charge in [0.1, 0.15) is 17.0 Å². The van der Waals surface area contributed by atoms with E-state index < -0.39 is 23.1 Å². The molecule has 0 radical (unpaired) electrons. The standard InChI is InChI=1S/C12H13F2NO2S/c1-7(16)5-15-11(17)6-18-12(15)9-3-2-8(13)4-10(9)14/h2-4,7,12,16H,5-6H2,1H3. The number of carbonyl (C=O) groups is 1. The van der Waals surface area contributed by atoms with Gasteiger partial charge in [0.05, 0.1) is 11.9 Å². The van der Waals surface area contributed by atoms with Gasteiger partial charge in [-0.1, -0.05) is 6.07 Å². The number of halogens is 2. The first kappa shape index (κ1) is 13.3. The van der Waals surface area contributed by atoms with Crippen LogP contribution < -0.4 is 0 Å². The molecule has 1 saturated heterocycles. The van der Waals surface area contributed by atoms with E-state index in [1.54, 1.807) is 6.92 Å². The molecule has 2 unspecified atom stereocenters. The largest absolute Gasteiger partial charge is 0.392 e. The van der Waals surface area contributed by atoms with Crippen LogP contribution in [0.4, 0.5) is 8.78 Å². The molecule has 1 aliphatic heterocycles. The molecule has 1 aromatic rings. The second kappa shape index (κ2) is 5.24. The lowest BCUT2D eigenvalue weighted by Gasteiger charge is -2.25. The third kappa shape index (κ3) is 2.64. The number of aliphatic hydroxyl groups excluding tert-OH is 1. The molecule has 1 N–H and O–H groups in total. The smallest absolute Gasteiger partial charge is 0.233 e. The fourth-order valence-electron chi connectivity index (χ4n) is 1.90. The molecule has 1 aliphatic rings. The number of hydrogen-bond donors (Lipinski definition) is 1. The van der Waals surface area contributed by atoms with Gasteiger partial charge in [-0.15, -0.1) is 11.8 Å². The molecule has 98 valence electrons. The molecular formula is C12H13F2NO2S. The first-order chi connectivity index (χ1) is 8.49. The molecule has 1 amide bonds. The summed E-state index contributed by atoms with van der Waals surface area (Å²) >= 11 is 1.28. The van der Waals surface area contributed by atoms with Crippen LogP contribution in [0, 0.1) is 11.6 Å². The fraction of sp³-hybridized carbons (Fsp3) is 0.417. The Morgan fingerprint density at radius 1 is 1.56 bits per heavy atom. The van der Waals surface area contributed by atoms with Gasteiger partial charge in [0, 0.05) is 18.2 Å². The van der Waals surface area contributed by atoms with E-state index in [0.29, 0.717) is 0 Å². The third-order valence-electron chi connectivity index (χ3n) is 2.66. The minimum Gasteiger partial charge on any atom is -0.392 e. The van der Waals surface area contributed by atoms with Crippen LogP contribution in [0.5, 0.6) is 0 Å². The number of benzene rings is 1. The molecule has 3 nitrogen and oxygen atoms in total. The fourth-order valence-corrected chi connectivity index (χ4v) is 3.12. The van der Waals surface area contributed by atoms with Gasteiger partial charge in [0.15, 0.2) is 0 Å². The van der Waals surface area contributed by atoms with Crippen molar-refractivity contribution in [3.8, 4) is 0 Å². The first-order valence-corrected chi connectivity index (χ1v) is 6.58. The van der Waals surface area contributed by atoms with E-state index >= 15 is 0 Å². The normalized spacial score (nSPS) is 21.4. The Morgan fingerprint density at radius 2 is 2.28 bits per heavy atom. The van der Waals surface area contributed by atoms with Gasteiger partial charge in [-0.05, 0) is 13.0 Å². The van der Waals surface area contributed by atoms with Gasteiger partial charge in [0.25, 0.3) is 0 Å². The average molecular weight is 273 g/mol. The summed E-state index contributed by atoms with van der Waals surface area (Å²) in [7, 11) is 0. The van der Waals surface area contributed by atoms with E-state index in [1.807, 2.05) is 0 Å². The Hall–Kier alpha value is -1.14. The number of rotatable bonds is 3. The molecule has 6 heteroatoms. The van der Waals surface area contributed by atoms with Gasteiger partial charge < -0.3 is 10.0 Å². The van der Waals surface area contributed by atoms with Crippen molar-refractivity contribution in [2.45, 2.75) is 18.4 Å². The van der Waals surface area contributed by atoms with Crippen LogP contribution in [0.1, 0.15) is 17.9 Å². The van der Waals surface area contributed by atoms with Crippen molar-refractivity contribution in [3.05, 3.63) is 35.4 Å². The molecule has 18 heavy (non-hydrogen) atoms. The number of aliphatic hydroxyl groups is 1. The Labute approximate surface area is 108 Å². The molecule has 1 aromatic carbocycles. The lowest BCUT2D eigenvalue weighted by molar-refractivity contribution is -0.129. The van der Waals surface area contributed by atoms with Crippen LogP contribution >= 0.6 is 11.8 Å². The molecule has 0 aliphatic carbocycles. The average Bonchev–Trinajstić information content (AvgIpc) is 2.60. The number of β-amino-alcohol motifs (C(OH)–C–C–N with tert-alkyl or cyclic N) is 1. The van der Waals surface area contributed by atoms with Gasteiger partial charge in [-0.25, -0.2) is 8.78 Å². The van der Waals surface area contributed by atoms with Gasteiger partial charge >= 0.3 is 0 Å². The highest BCUT2D eigenvalue weighted by molar-refractivity contribution is 8.00. The summed E-state index contributed by atoms with van der Waals surface area (Å²) < 4.78 is 26.5.